The predicted molar refractivity (Wildman–Crippen MR) is 372 cm³/mol. The van der Waals surface area contributed by atoms with E-state index < -0.39 is 29.2 Å². The van der Waals surface area contributed by atoms with Crippen LogP contribution in [0.25, 0.3) is 50.9 Å². The van der Waals surface area contributed by atoms with Gasteiger partial charge in [-0.1, -0.05) is 125 Å². The van der Waals surface area contributed by atoms with E-state index in [1.165, 1.54) is 21.2 Å². The highest BCUT2D eigenvalue weighted by Gasteiger charge is 2.46. The molecule has 1 saturated heterocycles. The number of anilines is 3. The van der Waals surface area contributed by atoms with E-state index in [0.717, 1.165) is 54.2 Å². The van der Waals surface area contributed by atoms with Crippen LogP contribution in [0.5, 0.6) is 5.75 Å². The lowest BCUT2D eigenvalue weighted by Crippen LogP contribution is -2.34. The minimum Gasteiger partial charge on any atom is -0.385 e. The van der Waals surface area contributed by atoms with Gasteiger partial charge in [-0.3, -0.25) is 29.6 Å². The predicted octanol–water partition coefficient (Wildman–Crippen LogP) is 13.1. The number of urea groups is 1. The molecule has 0 bridgehead atoms. The second-order valence-electron chi connectivity index (χ2n) is 23.0. The van der Waals surface area contributed by atoms with Crippen molar-refractivity contribution < 1.29 is 22.8 Å². The molecule has 15 rings (SSSR count). The Bertz CT molecular complexity index is 5600. The van der Waals surface area contributed by atoms with E-state index >= 15 is 0 Å². The van der Waals surface area contributed by atoms with Crippen molar-refractivity contribution in [3.8, 4) is 46.9 Å². The topological polar surface area (TPSA) is 314 Å². The lowest BCUT2D eigenvalue weighted by molar-refractivity contribution is -0.119. The van der Waals surface area contributed by atoms with Crippen LogP contribution in [-0.4, -0.2) is 96.4 Å². The minimum atomic E-state index is -1.84. The van der Waals surface area contributed by atoms with E-state index in [4.69, 9.17) is 15.8 Å². The molecule has 4 amide bonds. The van der Waals surface area contributed by atoms with Crippen molar-refractivity contribution in [2.45, 2.75) is 71.1 Å². The molecule has 5 N–H and O–H groups in total. The molecule has 0 radical (unpaired) electrons. The number of rotatable bonds is 14. The molecule has 2 atom stereocenters. The van der Waals surface area contributed by atoms with Crippen molar-refractivity contribution >= 4 is 97.6 Å². The number of nitriles is 3. The summed E-state index contributed by atoms with van der Waals surface area (Å²) in [6, 6.07) is 54.5. The zero-order chi connectivity index (χ0) is 68.6. The molecule has 0 saturated carbocycles. The molecular weight excluding hydrogens is 1300 g/mol. The molecule has 1 aliphatic heterocycles. The Labute approximate surface area is 570 Å². The number of benzene rings is 6. The first-order chi connectivity index (χ1) is 47.4. The quantitative estimate of drug-likeness (QED) is 0.0632. The molecule has 0 spiro atoms. The number of para-hydroxylation sites is 1. The summed E-state index contributed by atoms with van der Waals surface area (Å²) >= 11 is 5.92. The van der Waals surface area contributed by atoms with Crippen LogP contribution in [-0.2, 0) is 22.6 Å². The summed E-state index contributed by atoms with van der Waals surface area (Å²) in [4.78, 5) is 56.8. The van der Waals surface area contributed by atoms with Gasteiger partial charge < -0.3 is 19.0 Å². The number of aryl methyl sites for hydroxylation is 4. The molecule has 14 aromatic rings. The molecule has 28 heteroatoms. The summed E-state index contributed by atoms with van der Waals surface area (Å²) in [6.07, 6.45) is 3.70. The highest BCUT2D eigenvalue weighted by atomic mass is 35.5. The monoisotopic (exact) mass is 1360 g/mol. The number of carbonyl (C=O) groups excluding carboxylic acids is 3. The second kappa shape index (κ2) is 26.7. The lowest BCUT2D eigenvalue weighted by atomic mass is 10.1. The first kappa shape index (κ1) is 64.2. The Morgan fingerprint density at radius 2 is 1.32 bits per heavy atom. The molecule has 1 fully saturated rings. The lowest BCUT2D eigenvalue weighted by Gasteiger charge is -2.19. The van der Waals surface area contributed by atoms with E-state index in [1.54, 1.807) is 57.9 Å². The van der Waals surface area contributed by atoms with Gasteiger partial charge in [0.05, 0.1) is 11.2 Å². The van der Waals surface area contributed by atoms with Crippen molar-refractivity contribution in [2.75, 3.05) is 14.9 Å². The first-order valence-electron chi connectivity index (χ1n) is 30.4. The largest absolute Gasteiger partial charge is 0.385 e. The van der Waals surface area contributed by atoms with Gasteiger partial charge in [0, 0.05) is 46.2 Å². The highest BCUT2D eigenvalue weighted by molar-refractivity contribution is 7.99. The normalized spacial score (nSPS) is 13.1. The van der Waals surface area contributed by atoms with Crippen LogP contribution >= 0.6 is 23.4 Å². The fourth-order valence-electron chi connectivity index (χ4n) is 11.4. The first-order valence-corrected chi connectivity index (χ1v) is 32.7. The van der Waals surface area contributed by atoms with E-state index in [2.05, 4.69) is 68.8 Å². The molecule has 9 heterocycles. The van der Waals surface area contributed by atoms with E-state index in [0.29, 0.717) is 84.0 Å². The van der Waals surface area contributed by atoms with Gasteiger partial charge in [-0.15, -0.1) is 5.10 Å². The van der Waals surface area contributed by atoms with Crippen LogP contribution in [0.15, 0.2) is 180 Å². The summed E-state index contributed by atoms with van der Waals surface area (Å²) in [5, 5.41) is 50.7. The Morgan fingerprint density at radius 3 is 2.04 bits per heavy atom. The van der Waals surface area contributed by atoms with Gasteiger partial charge in [0.25, 0.3) is 11.8 Å². The van der Waals surface area contributed by atoms with E-state index in [1.807, 2.05) is 179 Å². The maximum atomic E-state index is 13.7. The van der Waals surface area contributed by atoms with Crippen LogP contribution in [0.4, 0.5) is 22.0 Å². The van der Waals surface area contributed by atoms with Crippen LogP contribution in [0, 0.1) is 75.5 Å². The molecule has 98 heavy (non-hydrogen) atoms. The molecule has 25 nitrogen and oxygen atoms in total. The Hall–Kier alpha value is -12.5. The van der Waals surface area contributed by atoms with Gasteiger partial charge in [-0.05, 0) is 137 Å². The number of carbonyl (C=O) groups is 3. The SMILES string of the molecule is Cc1ccc(C)c(OS(=O)Nc2cccc(Sc3nc4c(C#N)c(C)c(N5C(=O)C(C)N(Cc6ccccc6)C5=O)n4[nH]3)c2)c1.Cc1ccc2c(c1)nnn2-c1c(C)c(C#N)c2nc(C(=O)Nc3ccccc3)[nH]n12.Cc1cccc(-c2nc3c(C#N)c(-n4cccc4)c(Cl)n3[nH]2)c1. The smallest absolute Gasteiger partial charge is 0.333 e. The van der Waals surface area contributed by atoms with Gasteiger partial charge in [0.2, 0.25) is 5.82 Å². The zero-order valence-electron chi connectivity index (χ0n) is 53.4. The molecule has 1 aliphatic rings. The van der Waals surface area contributed by atoms with Gasteiger partial charge in [-0.2, -0.15) is 24.7 Å². The summed E-state index contributed by atoms with van der Waals surface area (Å²) in [5.74, 6) is 1.35. The number of H-pyrrole nitrogens is 3. The summed E-state index contributed by atoms with van der Waals surface area (Å²) < 4.78 is 29.4. The van der Waals surface area contributed by atoms with Gasteiger partial charge in [0.15, 0.2) is 38.9 Å². The van der Waals surface area contributed by atoms with Crippen molar-refractivity contribution in [2.24, 2.45) is 0 Å². The number of halogens is 1. The summed E-state index contributed by atoms with van der Waals surface area (Å²) in [7, 11) is 0. The maximum Gasteiger partial charge on any atom is 0.333 e. The van der Waals surface area contributed by atoms with Gasteiger partial charge in [-0.25, -0.2) is 38.2 Å². The van der Waals surface area contributed by atoms with Crippen molar-refractivity contribution in [1.82, 2.24) is 68.3 Å². The maximum absolute atomic E-state index is 13.7. The molecule has 0 aliphatic carbocycles. The standard InChI is InChI=1S/C32H29N7O4S2.C21H16N8O.C17H12ClN5/c1-19-13-14-20(2)27(15-19)43-45(42)36-24-11-8-12-25(16-24)44-31-34-28-26(17-33)21(3)29(39(28)35-31)38-30(40)22(4)37(32(38)41)18-23-9-6-5-7-10-23;1-12-8-9-17-16(10-12)25-27-28(17)21-13(2)15(11-22)19-24-18(26-29(19)21)20(30)23-14-6-4-3-5-7-14;1-11-5-4-6-12(9-11)16-20-17-13(10-19)14(15(18)23(17)21-16)22-7-2-3-8-22/h5-16,22,36H,18H2,1-4H3,(H,34,35);3-10H,1-2H3,(H,23,30)(H,24,26);2-9H,1H3,(H,20,21). The van der Waals surface area contributed by atoms with Crippen LogP contribution in [0.2, 0.25) is 5.15 Å². The number of amides is 4. The number of fused-ring (bicyclic) bond motifs is 4. The number of nitrogens with zero attached hydrogens (tertiary/aromatic N) is 15. The average Bonchev–Trinajstić information content (AvgIpc) is 1.60. The summed E-state index contributed by atoms with van der Waals surface area (Å²) in [5.41, 5.74) is 12.8. The van der Waals surface area contributed by atoms with Crippen LogP contribution in [0.1, 0.15) is 73.2 Å². The van der Waals surface area contributed by atoms with Gasteiger partial charge >= 0.3 is 17.3 Å². The number of aromatic amines is 3. The van der Waals surface area contributed by atoms with E-state index in [-0.39, 0.29) is 29.7 Å². The fraction of sp³-hybridized carbons (Fsp3) is 0.129. The van der Waals surface area contributed by atoms with E-state index in [9.17, 15) is 34.4 Å². The van der Waals surface area contributed by atoms with Gasteiger partial charge in [0.1, 0.15) is 63.7 Å². The molecule has 486 valence electrons. The second-order valence-corrected chi connectivity index (χ2v) is 25.2. The molecule has 2 unspecified atom stereocenters. The Morgan fingerprint density at radius 1 is 0.673 bits per heavy atom. The molecule has 8 aromatic heterocycles. The number of hydrogen-bond acceptors (Lipinski definition) is 14. The molecular formula is C70H57ClN20O5S2. The number of hydrogen-bond donors (Lipinski definition) is 5. The zero-order valence-corrected chi connectivity index (χ0v) is 55.8. The fourth-order valence-corrected chi connectivity index (χ4v) is 13.2. The third-order valence-corrected chi connectivity index (χ3v) is 18.2. The third-order valence-electron chi connectivity index (χ3n) is 16.3. The van der Waals surface area contributed by atoms with Crippen LogP contribution < -0.4 is 19.1 Å². The highest BCUT2D eigenvalue weighted by Crippen LogP contribution is 2.38. The van der Waals surface area contributed by atoms with Crippen molar-refractivity contribution in [3.63, 3.8) is 0 Å². The molecule has 6 aromatic carbocycles. The van der Waals surface area contributed by atoms with Crippen LogP contribution in [0.3, 0.4) is 0 Å². The average molecular weight is 1360 g/mol. The Kier molecular flexibility index (Phi) is 17.5. The number of aromatic nitrogens is 13. The van der Waals surface area contributed by atoms with Crippen molar-refractivity contribution in [1.29, 1.82) is 15.8 Å². The number of nitrogens with one attached hydrogen (secondary N) is 5. The third kappa shape index (κ3) is 12.2. The van der Waals surface area contributed by atoms with Crippen molar-refractivity contribution in [3.05, 3.63) is 237 Å². The minimum absolute atomic E-state index is 0.0897. The summed E-state index contributed by atoms with van der Waals surface area (Å²) in [6.45, 7) is 13.3. The number of imide groups is 1. The Balaban J connectivity index is 0.000000141.